The SMILES string of the molecule is CC1CC(NC(C)(C)CF)CC(C)O1. The topological polar surface area (TPSA) is 21.3 Å². The molecule has 14 heavy (non-hydrogen) atoms. The van der Waals surface area contributed by atoms with Crippen molar-refractivity contribution in [3.63, 3.8) is 0 Å². The van der Waals surface area contributed by atoms with Gasteiger partial charge in [0.25, 0.3) is 0 Å². The van der Waals surface area contributed by atoms with Crippen LogP contribution < -0.4 is 5.32 Å². The van der Waals surface area contributed by atoms with Crippen LogP contribution in [0.2, 0.25) is 0 Å². The van der Waals surface area contributed by atoms with Crippen LogP contribution in [0.4, 0.5) is 4.39 Å². The highest BCUT2D eigenvalue weighted by Crippen LogP contribution is 2.21. The Labute approximate surface area is 86.2 Å². The zero-order chi connectivity index (χ0) is 10.8. The molecule has 0 aliphatic carbocycles. The van der Waals surface area contributed by atoms with Gasteiger partial charge in [0.15, 0.2) is 0 Å². The molecule has 1 rings (SSSR count). The molecule has 1 N–H and O–H groups in total. The summed E-state index contributed by atoms with van der Waals surface area (Å²) in [5, 5.41) is 3.35. The molecule has 1 saturated heterocycles. The van der Waals surface area contributed by atoms with Gasteiger partial charge in [-0.05, 0) is 40.5 Å². The van der Waals surface area contributed by atoms with Gasteiger partial charge in [0, 0.05) is 11.6 Å². The Morgan fingerprint density at radius 3 is 2.21 bits per heavy atom. The molecular formula is C11H22FNO. The van der Waals surface area contributed by atoms with Crippen molar-refractivity contribution in [1.29, 1.82) is 0 Å². The van der Waals surface area contributed by atoms with Crippen LogP contribution in [0.25, 0.3) is 0 Å². The first-order valence-corrected chi connectivity index (χ1v) is 5.42. The summed E-state index contributed by atoms with van der Waals surface area (Å²) in [7, 11) is 0. The molecular weight excluding hydrogens is 181 g/mol. The number of ether oxygens (including phenoxy) is 1. The molecule has 1 aliphatic heterocycles. The fourth-order valence-corrected chi connectivity index (χ4v) is 2.11. The van der Waals surface area contributed by atoms with E-state index in [1.54, 1.807) is 0 Å². The van der Waals surface area contributed by atoms with Crippen molar-refractivity contribution >= 4 is 0 Å². The number of hydrogen-bond acceptors (Lipinski definition) is 2. The molecule has 0 amide bonds. The largest absolute Gasteiger partial charge is 0.375 e. The smallest absolute Gasteiger partial charge is 0.107 e. The predicted molar refractivity (Wildman–Crippen MR) is 56.2 cm³/mol. The Hall–Kier alpha value is -0.150. The Kier molecular flexibility index (Phi) is 3.90. The number of nitrogens with one attached hydrogen (secondary N) is 1. The van der Waals surface area contributed by atoms with Crippen molar-refractivity contribution in [3.8, 4) is 0 Å². The lowest BCUT2D eigenvalue weighted by molar-refractivity contribution is -0.0462. The Bertz CT molecular complexity index is 174. The standard InChI is InChI=1S/C11H22FNO/c1-8-5-10(6-9(2)14-8)13-11(3,4)7-12/h8-10,13H,5-7H2,1-4H3. The van der Waals surface area contributed by atoms with Gasteiger partial charge < -0.3 is 10.1 Å². The van der Waals surface area contributed by atoms with Gasteiger partial charge in [-0.3, -0.25) is 0 Å². The lowest BCUT2D eigenvalue weighted by atomic mass is 9.96. The summed E-state index contributed by atoms with van der Waals surface area (Å²) in [5.41, 5.74) is -0.401. The van der Waals surface area contributed by atoms with E-state index in [1.165, 1.54) is 0 Å². The van der Waals surface area contributed by atoms with Crippen LogP contribution >= 0.6 is 0 Å². The van der Waals surface area contributed by atoms with Crippen LogP contribution in [-0.2, 0) is 4.74 Å². The van der Waals surface area contributed by atoms with Gasteiger partial charge in [-0.25, -0.2) is 4.39 Å². The molecule has 0 radical (unpaired) electrons. The van der Waals surface area contributed by atoms with Gasteiger partial charge in [-0.2, -0.15) is 0 Å². The first-order valence-electron chi connectivity index (χ1n) is 5.42. The van der Waals surface area contributed by atoms with Gasteiger partial charge in [0.2, 0.25) is 0 Å². The van der Waals surface area contributed by atoms with Crippen LogP contribution in [0.1, 0.15) is 40.5 Å². The Balaban J connectivity index is 2.44. The summed E-state index contributed by atoms with van der Waals surface area (Å²) >= 11 is 0. The summed E-state index contributed by atoms with van der Waals surface area (Å²) in [6.07, 6.45) is 2.53. The number of alkyl halides is 1. The van der Waals surface area contributed by atoms with Gasteiger partial charge in [-0.1, -0.05) is 0 Å². The number of rotatable bonds is 3. The lowest BCUT2D eigenvalue weighted by Crippen LogP contribution is -2.51. The fraction of sp³-hybridized carbons (Fsp3) is 1.00. The summed E-state index contributed by atoms with van der Waals surface area (Å²) in [6, 6.07) is 0.388. The molecule has 0 aromatic carbocycles. The summed E-state index contributed by atoms with van der Waals surface area (Å²) in [6.45, 7) is 7.63. The summed E-state index contributed by atoms with van der Waals surface area (Å²) < 4.78 is 18.3. The highest BCUT2D eigenvalue weighted by Gasteiger charge is 2.28. The van der Waals surface area contributed by atoms with Crippen molar-refractivity contribution in [2.75, 3.05) is 6.67 Å². The van der Waals surface area contributed by atoms with Crippen LogP contribution in [0.15, 0.2) is 0 Å². The van der Waals surface area contributed by atoms with Crippen molar-refractivity contribution in [2.24, 2.45) is 0 Å². The van der Waals surface area contributed by atoms with Gasteiger partial charge >= 0.3 is 0 Å². The Morgan fingerprint density at radius 2 is 1.79 bits per heavy atom. The van der Waals surface area contributed by atoms with E-state index in [1.807, 2.05) is 13.8 Å². The molecule has 3 heteroatoms. The molecule has 0 aromatic heterocycles. The minimum atomic E-state index is -0.401. The van der Waals surface area contributed by atoms with Gasteiger partial charge in [0.05, 0.1) is 12.2 Å². The van der Waals surface area contributed by atoms with Gasteiger partial charge in [-0.15, -0.1) is 0 Å². The molecule has 0 saturated carbocycles. The number of hydrogen-bond donors (Lipinski definition) is 1. The second-order valence-electron chi connectivity index (χ2n) is 5.09. The first-order chi connectivity index (χ1) is 6.43. The molecule has 84 valence electrons. The van der Waals surface area contributed by atoms with E-state index >= 15 is 0 Å². The van der Waals surface area contributed by atoms with E-state index in [2.05, 4.69) is 19.2 Å². The van der Waals surface area contributed by atoms with E-state index in [9.17, 15) is 4.39 Å². The third-order valence-corrected chi connectivity index (χ3v) is 2.63. The van der Waals surface area contributed by atoms with E-state index < -0.39 is 5.54 Å². The molecule has 0 bridgehead atoms. The van der Waals surface area contributed by atoms with Gasteiger partial charge in [0.1, 0.15) is 6.67 Å². The maximum atomic E-state index is 12.6. The highest BCUT2D eigenvalue weighted by molar-refractivity contribution is 4.86. The minimum Gasteiger partial charge on any atom is -0.375 e. The molecule has 1 aliphatic rings. The van der Waals surface area contributed by atoms with Crippen molar-refractivity contribution in [3.05, 3.63) is 0 Å². The van der Waals surface area contributed by atoms with Crippen molar-refractivity contribution in [1.82, 2.24) is 5.32 Å². The molecule has 0 spiro atoms. The monoisotopic (exact) mass is 203 g/mol. The fourth-order valence-electron chi connectivity index (χ4n) is 2.11. The van der Waals surface area contributed by atoms with E-state index in [0.29, 0.717) is 6.04 Å². The maximum Gasteiger partial charge on any atom is 0.107 e. The van der Waals surface area contributed by atoms with E-state index in [-0.39, 0.29) is 18.9 Å². The molecule has 2 unspecified atom stereocenters. The normalized spacial score (nSPS) is 34.5. The van der Waals surface area contributed by atoms with Crippen LogP contribution in [0.5, 0.6) is 0 Å². The van der Waals surface area contributed by atoms with Crippen molar-refractivity contribution < 1.29 is 9.13 Å². The summed E-state index contributed by atoms with van der Waals surface area (Å²) in [5.74, 6) is 0. The zero-order valence-electron chi connectivity index (χ0n) is 9.64. The second kappa shape index (κ2) is 4.58. The molecule has 2 atom stereocenters. The molecule has 1 heterocycles. The average molecular weight is 203 g/mol. The molecule has 0 aromatic rings. The van der Waals surface area contributed by atoms with E-state index in [0.717, 1.165) is 12.8 Å². The van der Waals surface area contributed by atoms with Crippen LogP contribution in [0, 0.1) is 0 Å². The first kappa shape index (κ1) is 11.9. The second-order valence-corrected chi connectivity index (χ2v) is 5.09. The predicted octanol–water partition coefficient (Wildman–Crippen LogP) is 2.28. The van der Waals surface area contributed by atoms with Crippen LogP contribution in [-0.4, -0.2) is 30.5 Å². The quantitative estimate of drug-likeness (QED) is 0.760. The maximum absolute atomic E-state index is 12.6. The van der Waals surface area contributed by atoms with Crippen molar-refractivity contribution in [2.45, 2.75) is 64.3 Å². The highest BCUT2D eigenvalue weighted by atomic mass is 19.1. The lowest BCUT2D eigenvalue weighted by Gasteiger charge is -2.37. The zero-order valence-corrected chi connectivity index (χ0v) is 9.64. The summed E-state index contributed by atoms with van der Waals surface area (Å²) in [4.78, 5) is 0. The average Bonchev–Trinajstić information content (AvgIpc) is 2.01. The number of halogens is 1. The Morgan fingerprint density at radius 1 is 1.29 bits per heavy atom. The minimum absolute atomic E-state index is 0.284. The third kappa shape index (κ3) is 3.54. The third-order valence-electron chi connectivity index (χ3n) is 2.63. The van der Waals surface area contributed by atoms with E-state index in [4.69, 9.17) is 4.74 Å². The molecule has 2 nitrogen and oxygen atoms in total. The molecule has 1 fully saturated rings. The van der Waals surface area contributed by atoms with Crippen LogP contribution in [0.3, 0.4) is 0 Å².